The summed E-state index contributed by atoms with van der Waals surface area (Å²) >= 11 is 7.30. The van der Waals surface area contributed by atoms with E-state index in [1.807, 2.05) is 13.0 Å². The van der Waals surface area contributed by atoms with Crippen molar-refractivity contribution in [3.05, 3.63) is 56.7 Å². The van der Waals surface area contributed by atoms with E-state index in [-0.39, 0.29) is 18.2 Å². The van der Waals surface area contributed by atoms with Gasteiger partial charge in [-0.25, -0.2) is 8.78 Å². The topological polar surface area (TPSA) is 32.3 Å². The molecule has 2 unspecified atom stereocenters. The van der Waals surface area contributed by atoms with Gasteiger partial charge in [-0.2, -0.15) is 0 Å². The van der Waals surface area contributed by atoms with Gasteiger partial charge < -0.3 is 10.4 Å². The maximum absolute atomic E-state index is 13.5. The van der Waals surface area contributed by atoms with Crippen LogP contribution in [0.15, 0.2) is 30.3 Å². The molecular formula is C14H14ClF2NOS. The zero-order valence-corrected chi connectivity index (χ0v) is 12.3. The molecule has 6 heteroatoms. The van der Waals surface area contributed by atoms with E-state index in [1.165, 1.54) is 17.4 Å². The zero-order valence-electron chi connectivity index (χ0n) is 10.7. The lowest BCUT2D eigenvalue weighted by Crippen LogP contribution is -2.24. The Hall–Kier alpha value is -1.01. The third-order valence-electron chi connectivity index (χ3n) is 2.96. The molecule has 2 rings (SSSR count). The monoisotopic (exact) mass is 317 g/mol. The fourth-order valence-corrected chi connectivity index (χ4v) is 2.92. The molecule has 0 aliphatic heterocycles. The number of aliphatic hydroxyl groups excluding tert-OH is 1. The average molecular weight is 318 g/mol. The highest BCUT2D eigenvalue weighted by atomic mass is 35.5. The van der Waals surface area contributed by atoms with Crippen molar-refractivity contribution in [1.82, 2.24) is 5.32 Å². The van der Waals surface area contributed by atoms with Crippen LogP contribution in [0, 0.1) is 11.6 Å². The van der Waals surface area contributed by atoms with E-state index in [9.17, 15) is 13.9 Å². The number of benzene rings is 1. The summed E-state index contributed by atoms with van der Waals surface area (Å²) in [5, 5.41) is 13.0. The summed E-state index contributed by atoms with van der Waals surface area (Å²) < 4.78 is 27.0. The van der Waals surface area contributed by atoms with Gasteiger partial charge in [0.1, 0.15) is 11.6 Å². The minimum Gasteiger partial charge on any atom is -0.387 e. The molecule has 1 aromatic heterocycles. The molecule has 0 saturated heterocycles. The van der Waals surface area contributed by atoms with Crippen LogP contribution in [0.4, 0.5) is 8.78 Å². The normalized spacial score (nSPS) is 14.2. The maximum Gasteiger partial charge on any atom is 0.131 e. The lowest BCUT2D eigenvalue weighted by Gasteiger charge is -2.17. The van der Waals surface area contributed by atoms with Gasteiger partial charge in [-0.3, -0.25) is 0 Å². The first-order valence-corrected chi connectivity index (χ1v) is 7.28. The molecule has 0 spiro atoms. The second-order valence-electron chi connectivity index (χ2n) is 4.45. The van der Waals surface area contributed by atoms with Gasteiger partial charge in [0.2, 0.25) is 0 Å². The first-order valence-electron chi connectivity index (χ1n) is 6.09. The Balaban J connectivity index is 1.96. The fourth-order valence-electron chi connectivity index (χ4n) is 1.83. The highest BCUT2D eigenvalue weighted by molar-refractivity contribution is 7.16. The second-order valence-corrected chi connectivity index (χ2v) is 6.20. The standard InChI is InChI=1S/C14H14ClF2NOS/c1-8(13-4-5-14(15)20-13)18-7-12(19)10-3-2-9(16)6-11(10)17/h2-6,8,12,18-19H,7H2,1H3. The van der Waals surface area contributed by atoms with E-state index in [0.29, 0.717) is 4.34 Å². The number of hydrogen-bond acceptors (Lipinski definition) is 3. The van der Waals surface area contributed by atoms with E-state index in [0.717, 1.165) is 17.0 Å². The lowest BCUT2D eigenvalue weighted by atomic mass is 10.1. The van der Waals surface area contributed by atoms with Gasteiger partial charge in [0.15, 0.2) is 0 Å². The molecule has 108 valence electrons. The van der Waals surface area contributed by atoms with Crippen molar-refractivity contribution in [3.63, 3.8) is 0 Å². The first kappa shape index (κ1) is 15.4. The lowest BCUT2D eigenvalue weighted by molar-refractivity contribution is 0.166. The average Bonchev–Trinajstić information content (AvgIpc) is 2.82. The number of thiophene rings is 1. The Morgan fingerprint density at radius 3 is 2.65 bits per heavy atom. The summed E-state index contributed by atoms with van der Waals surface area (Å²) in [6.45, 7) is 2.09. The molecule has 2 nitrogen and oxygen atoms in total. The molecule has 20 heavy (non-hydrogen) atoms. The predicted molar refractivity (Wildman–Crippen MR) is 77.1 cm³/mol. The number of aliphatic hydroxyl groups is 1. The van der Waals surface area contributed by atoms with Crippen molar-refractivity contribution >= 4 is 22.9 Å². The van der Waals surface area contributed by atoms with Crippen LogP contribution in [-0.4, -0.2) is 11.7 Å². The molecule has 2 atom stereocenters. The van der Waals surface area contributed by atoms with Gasteiger partial charge in [0.25, 0.3) is 0 Å². The molecule has 0 amide bonds. The number of nitrogens with one attached hydrogen (secondary N) is 1. The highest BCUT2D eigenvalue weighted by Crippen LogP contribution is 2.27. The Labute approximate surface area is 125 Å². The highest BCUT2D eigenvalue weighted by Gasteiger charge is 2.15. The van der Waals surface area contributed by atoms with Crippen molar-refractivity contribution in [2.75, 3.05) is 6.54 Å². The molecule has 0 saturated carbocycles. The van der Waals surface area contributed by atoms with E-state index in [1.54, 1.807) is 6.07 Å². The van der Waals surface area contributed by atoms with Gasteiger partial charge in [-0.05, 0) is 25.1 Å². The summed E-state index contributed by atoms with van der Waals surface area (Å²) in [6.07, 6.45) is -1.03. The third-order valence-corrected chi connectivity index (χ3v) is 4.37. The van der Waals surface area contributed by atoms with Crippen molar-refractivity contribution in [1.29, 1.82) is 0 Å². The fraction of sp³-hybridized carbons (Fsp3) is 0.286. The van der Waals surface area contributed by atoms with Crippen molar-refractivity contribution in [2.45, 2.75) is 19.1 Å². The first-order chi connectivity index (χ1) is 9.47. The molecule has 2 aromatic rings. The summed E-state index contributed by atoms with van der Waals surface area (Å²) in [5.74, 6) is -1.40. The van der Waals surface area contributed by atoms with Crippen LogP contribution in [0.3, 0.4) is 0 Å². The Bertz CT molecular complexity index is 590. The van der Waals surface area contributed by atoms with E-state index in [2.05, 4.69) is 5.32 Å². The smallest absolute Gasteiger partial charge is 0.131 e. The minimum atomic E-state index is -1.03. The van der Waals surface area contributed by atoms with Gasteiger partial charge >= 0.3 is 0 Å². The predicted octanol–water partition coefficient (Wildman–Crippen LogP) is 4.06. The van der Waals surface area contributed by atoms with E-state index < -0.39 is 17.7 Å². The van der Waals surface area contributed by atoms with Crippen molar-refractivity contribution in [3.8, 4) is 0 Å². The molecule has 2 N–H and O–H groups in total. The van der Waals surface area contributed by atoms with E-state index in [4.69, 9.17) is 11.6 Å². The molecule has 0 fully saturated rings. The Kier molecular flexibility index (Phi) is 5.10. The SMILES string of the molecule is CC(NCC(O)c1ccc(F)cc1F)c1ccc(Cl)s1. The van der Waals surface area contributed by atoms with Crippen LogP contribution >= 0.6 is 22.9 Å². The van der Waals surface area contributed by atoms with Crippen molar-refractivity contribution < 1.29 is 13.9 Å². The minimum absolute atomic E-state index is 0.00865. The summed E-state index contributed by atoms with van der Waals surface area (Å²) in [7, 11) is 0. The van der Waals surface area contributed by atoms with Crippen LogP contribution < -0.4 is 5.32 Å². The zero-order chi connectivity index (χ0) is 14.7. The molecule has 1 aromatic carbocycles. The number of hydrogen-bond donors (Lipinski definition) is 2. The van der Waals surface area contributed by atoms with Crippen LogP contribution in [0.2, 0.25) is 4.34 Å². The largest absolute Gasteiger partial charge is 0.387 e. The van der Waals surface area contributed by atoms with E-state index >= 15 is 0 Å². The molecule has 0 radical (unpaired) electrons. The Morgan fingerprint density at radius 1 is 1.30 bits per heavy atom. The molecule has 0 aliphatic rings. The molecular weight excluding hydrogens is 304 g/mol. The van der Waals surface area contributed by atoms with Crippen LogP contribution in [-0.2, 0) is 0 Å². The summed E-state index contributed by atoms with van der Waals surface area (Å²) in [4.78, 5) is 1.03. The van der Waals surface area contributed by atoms with Crippen LogP contribution in [0.5, 0.6) is 0 Å². The Morgan fingerprint density at radius 2 is 2.05 bits per heavy atom. The maximum atomic E-state index is 13.5. The van der Waals surface area contributed by atoms with Gasteiger partial charge in [-0.15, -0.1) is 11.3 Å². The quantitative estimate of drug-likeness (QED) is 0.871. The second kappa shape index (κ2) is 6.63. The van der Waals surface area contributed by atoms with Gasteiger partial charge in [-0.1, -0.05) is 17.7 Å². The number of rotatable bonds is 5. The molecule has 0 bridgehead atoms. The van der Waals surface area contributed by atoms with Gasteiger partial charge in [0, 0.05) is 29.1 Å². The van der Waals surface area contributed by atoms with Crippen LogP contribution in [0.1, 0.15) is 29.5 Å². The molecule has 0 aliphatic carbocycles. The van der Waals surface area contributed by atoms with Crippen molar-refractivity contribution in [2.24, 2.45) is 0 Å². The summed E-state index contributed by atoms with van der Waals surface area (Å²) in [5.41, 5.74) is 0.0790. The third kappa shape index (κ3) is 3.76. The summed E-state index contributed by atoms with van der Waals surface area (Å²) in [6, 6.07) is 6.84. The van der Waals surface area contributed by atoms with Crippen LogP contribution in [0.25, 0.3) is 0 Å². The molecule has 1 heterocycles. The number of halogens is 3. The van der Waals surface area contributed by atoms with Gasteiger partial charge in [0.05, 0.1) is 10.4 Å².